The quantitative estimate of drug-likeness (QED) is 0.588. The Balaban J connectivity index is 1.91. The van der Waals surface area contributed by atoms with Crippen molar-refractivity contribution >= 4 is 14.5 Å². The fourth-order valence-corrected chi connectivity index (χ4v) is 2.47. The van der Waals surface area contributed by atoms with Crippen molar-refractivity contribution in [3.8, 4) is 22.3 Å². The average molecular weight is 276 g/mol. The van der Waals surface area contributed by atoms with Crippen molar-refractivity contribution in [1.82, 2.24) is 0 Å². The third-order valence-corrected chi connectivity index (χ3v) is 3.90. The summed E-state index contributed by atoms with van der Waals surface area (Å²) in [5.41, 5.74) is 6.33. The maximum absolute atomic E-state index is 2.72. The van der Waals surface area contributed by atoms with E-state index < -0.39 is 0 Å². The lowest BCUT2D eigenvalue weighted by Gasteiger charge is -2.06. The fraction of sp³-hybridized carbons (Fsp3) is 0.0526. The van der Waals surface area contributed by atoms with Crippen LogP contribution in [-0.4, -0.2) is 0 Å². The van der Waals surface area contributed by atoms with Crippen molar-refractivity contribution in [3.63, 3.8) is 0 Å². The summed E-state index contributed by atoms with van der Waals surface area (Å²) >= 11 is 0. The summed E-state index contributed by atoms with van der Waals surface area (Å²) in [6.45, 7) is 2.11. The average Bonchev–Trinajstić information content (AvgIpc) is 2.49. The number of hydrogen-bond donors (Lipinski definition) is 0. The normalized spacial score (nSPS) is 10.5. The summed E-state index contributed by atoms with van der Waals surface area (Å²) in [6.07, 6.45) is 0. The van der Waals surface area contributed by atoms with Gasteiger partial charge in [0, 0.05) is 0 Å². The van der Waals surface area contributed by atoms with Gasteiger partial charge >= 0.3 is 0 Å². The Morgan fingerprint density at radius 2 is 0.800 bits per heavy atom. The van der Waals surface area contributed by atoms with E-state index in [1.54, 1.807) is 0 Å². The van der Waals surface area contributed by atoms with Crippen LogP contribution in [0.25, 0.3) is 22.3 Å². The molecular formula is C19H17P. The second-order valence-corrected chi connectivity index (χ2v) is 5.73. The molecule has 98 valence electrons. The highest BCUT2D eigenvalue weighted by Crippen LogP contribution is 2.24. The first-order valence-corrected chi connectivity index (χ1v) is 7.33. The molecule has 3 aromatic carbocycles. The van der Waals surface area contributed by atoms with Crippen LogP contribution in [0.3, 0.4) is 0 Å². The van der Waals surface area contributed by atoms with E-state index >= 15 is 0 Å². The molecule has 0 nitrogen and oxygen atoms in total. The fourth-order valence-electron chi connectivity index (χ4n) is 2.28. The van der Waals surface area contributed by atoms with Crippen LogP contribution in [-0.2, 0) is 0 Å². The minimum atomic E-state index is 1.21. The first-order chi connectivity index (χ1) is 9.72. The number of hydrogen-bond acceptors (Lipinski definition) is 0. The zero-order valence-corrected chi connectivity index (χ0v) is 12.7. The standard InChI is InChI=1S/C19H17P/c1-14-2-4-15(5-3-14)16-6-8-17(9-7-16)18-10-12-19(20)13-11-18/h2-13H,20H2,1H3. The molecule has 20 heavy (non-hydrogen) atoms. The van der Waals surface area contributed by atoms with Crippen LogP contribution >= 0.6 is 9.24 Å². The van der Waals surface area contributed by atoms with E-state index in [1.807, 2.05) is 0 Å². The minimum Gasteiger partial charge on any atom is -0.106 e. The number of rotatable bonds is 2. The van der Waals surface area contributed by atoms with Gasteiger partial charge in [0.15, 0.2) is 0 Å². The monoisotopic (exact) mass is 276 g/mol. The Morgan fingerprint density at radius 1 is 0.500 bits per heavy atom. The maximum Gasteiger partial charge on any atom is -0.0184 e. The summed E-state index contributed by atoms with van der Waals surface area (Å²) in [6, 6.07) is 26.0. The van der Waals surface area contributed by atoms with Crippen LogP contribution in [0.2, 0.25) is 0 Å². The molecule has 0 aliphatic carbocycles. The van der Waals surface area contributed by atoms with Crippen LogP contribution in [0.1, 0.15) is 5.56 Å². The molecule has 0 N–H and O–H groups in total. The van der Waals surface area contributed by atoms with E-state index in [0.29, 0.717) is 0 Å². The van der Waals surface area contributed by atoms with Gasteiger partial charge in [0.25, 0.3) is 0 Å². The van der Waals surface area contributed by atoms with Gasteiger partial charge in [0.05, 0.1) is 0 Å². The molecule has 0 aromatic heterocycles. The highest BCUT2D eigenvalue weighted by Gasteiger charge is 2.00. The van der Waals surface area contributed by atoms with Gasteiger partial charge in [-0.25, -0.2) is 0 Å². The van der Waals surface area contributed by atoms with E-state index in [9.17, 15) is 0 Å². The number of aryl methyl sites for hydroxylation is 1. The predicted octanol–water partition coefficient (Wildman–Crippen LogP) is 4.83. The predicted molar refractivity (Wildman–Crippen MR) is 91.4 cm³/mol. The highest BCUT2D eigenvalue weighted by atomic mass is 31.0. The Kier molecular flexibility index (Phi) is 3.67. The molecule has 0 saturated carbocycles. The lowest BCUT2D eigenvalue weighted by atomic mass is 10.00. The molecule has 0 saturated heterocycles. The van der Waals surface area contributed by atoms with Crippen LogP contribution in [0.5, 0.6) is 0 Å². The van der Waals surface area contributed by atoms with Crippen LogP contribution in [0.4, 0.5) is 0 Å². The Morgan fingerprint density at radius 3 is 1.20 bits per heavy atom. The summed E-state index contributed by atoms with van der Waals surface area (Å²) in [4.78, 5) is 0. The molecule has 1 heteroatoms. The minimum absolute atomic E-state index is 1.21. The molecule has 0 radical (unpaired) electrons. The molecule has 0 aliphatic heterocycles. The zero-order chi connectivity index (χ0) is 13.9. The SMILES string of the molecule is Cc1ccc(-c2ccc(-c3ccc(P)cc3)cc2)cc1. The van der Waals surface area contributed by atoms with Crippen molar-refractivity contribution in [2.24, 2.45) is 0 Å². The second-order valence-electron chi connectivity index (χ2n) is 5.07. The molecule has 0 fully saturated rings. The van der Waals surface area contributed by atoms with Gasteiger partial charge < -0.3 is 0 Å². The van der Waals surface area contributed by atoms with Crippen molar-refractivity contribution in [2.45, 2.75) is 6.92 Å². The third-order valence-electron chi connectivity index (χ3n) is 3.51. The Labute approximate surface area is 122 Å². The van der Waals surface area contributed by atoms with Gasteiger partial charge in [0.2, 0.25) is 0 Å². The second kappa shape index (κ2) is 5.61. The lowest BCUT2D eigenvalue weighted by molar-refractivity contribution is 1.47. The smallest absolute Gasteiger partial charge is 0.0184 e. The first-order valence-electron chi connectivity index (χ1n) is 6.75. The van der Waals surface area contributed by atoms with Crippen LogP contribution in [0.15, 0.2) is 72.8 Å². The molecular weight excluding hydrogens is 259 g/mol. The summed E-state index contributed by atoms with van der Waals surface area (Å²) in [5, 5.41) is 1.21. The summed E-state index contributed by atoms with van der Waals surface area (Å²) in [5.74, 6) is 0. The van der Waals surface area contributed by atoms with E-state index in [4.69, 9.17) is 0 Å². The van der Waals surface area contributed by atoms with Crippen molar-refractivity contribution < 1.29 is 0 Å². The molecule has 3 rings (SSSR count). The summed E-state index contributed by atoms with van der Waals surface area (Å²) in [7, 11) is 2.72. The first kappa shape index (κ1) is 13.1. The molecule has 0 bridgehead atoms. The lowest BCUT2D eigenvalue weighted by Crippen LogP contribution is -1.88. The molecule has 3 aromatic rings. The van der Waals surface area contributed by atoms with Gasteiger partial charge in [-0.2, -0.15) is 0 Å². The Bertz CT molecular complexity index is 628. The van der Waals surface area contributed by atoms with Crippen molar-refractivity contribution in [2.75, 3.05) is 0 Å². The molecule has 0 spiro atoms. The van der Waals surface area contributed by atoms with E-state index in [-0.39, 0.29) is 0 Å². The molecule has 1 atom stereocenters. The summed E-state index contributed by atoms with van der Waals surface area (Å²) < 4.78 is 0. The van der Waals surface area contributed by atoms with E-state index in [0.717, 1.165) is 0 Å². The van der Waals surface area contributed by atoms with Gasteiger partial charge in [-0.15, -0.1) is 9.24 Å². The third kappa shape index (κ3) is 2.81. The topological polar surface area (TPSA) is 0 Å². The largest absolute Gasteiger partial charge is 0.106 e. The van der Waals surface area contributed by atoms with E-state index in [2.05, 4.69) is 89.0 Å². The van der Waals surface area contributed by atoms with Crippen LogP contribution < -0.4 is 5.30 Å². The molecule has 0 amide bonds. The van der Waals surface area contributed by atoms with Gasteiger partial charge in [-0.3, -0.25) is 0 Å². The van der Waals surface area contributed by atoms with Crippen molar-refractivity contribution in [3.05, 3.63) is 78.4 Å². The molecule has 0 aliphatic rings. The van der Waals surface area contributed by atoms with Crippen molar-refractivity contribution in [1.29, 1.82) is 0 Å². The molecule has 0 heterocycles. The zero-order valence-electron chi connectivity index (χ0n) is 11.5. The Hall–Kier alpha value is -1.91. The molecule has 1 unspecified atom stereocenters. The van der Waals surface area contributed by atoms with E-state index in [1.165, 1.54) is 33.1 Å². The van der Waals surface area contributed by atoms with Gasteiger partial charge in [-0.05, 0) is 34.5 Å². The maximum atomic E-state index is 2.72. The highest BCUT2D eigenvalue weighted by molar-refractivity contribution is 7.27. The van der Waals surface area contributed by atoms with Crippen LogP contribution in [0, 0.1) is 6.92 Å². The number of benzene rings is 3. The van der Waals surface area contributed by atoms with Gasteiger partial charge in [0.1, 0.15) is 0 Å². The van der Waals surface area contributed by atoms with Gasteiger partial charge in [-0.1, -0.05) is 78.4 Å².